The maximum atomic E-state index is 10.3. The van der Waals surface area contributed by atoms with Gasteiger partial charge in [-0.05, 0) is 97.5 Å². The average Bonchev–Trinajstić information content (AvgIpc) is 2.95. The lowest BCUT2D eigenvalue weighted by Gasteiger charge is -2.14. The highest BCUT2D eigenvalue weighted by Crippen LogP contribution is 2.20. The molecule has 0 amide bonds. The fourth-order valence-electron chi connectivity index (χ4n) is 4.05. The molecule has 0 bridgehead atoms. The molecule has 198 valence electrons. The molecular weight excluding hydrogens is 476 g/mol. The summed E-state index contributed by atoms with van der Waals surface area (Å²) in [5.74, 6) is 3.22. The van der Waals surface area contributed by atoms with Crippen molar-refractivity contribution in [3.8, 4) is 23.0 Å². The summed E-state index contributed by atoms with van der Waals surface area (Å²) in [4.78, 5) is 0. The summed E-state index contributed by atoms with van der Waals surface area (Å²) in [5.41, 5.74) is 4.82. The summed E-state index contributed by atoms with van der Waals surface area (Å²) in [6.07, 6.45) is 0.937. The summed E-state index contributed by atoms with van der Waals surface area (Å²) in [5, 5.41) is 10.3. The van der Waals surface area contributed by atoms with E-state index < -0.39 is 6.10 Å². The van der Waals surface area contributed by atoms with Crippen LogP contribution in [0.5, 0.6) is 23.0 Å². The fourth-order valence-corrected chi connectivity index (χ4v) is 4.05. The Hall–Kier alpha value is -3.96. The predicted molar refractivity (Wildman–Crippen MR) is 151 cm³/mol. The first-order valence-corrected chi connectivity index (χ1v) is 13.2. The lowest BCUT2D eigenvalue weighted by Crippen LogP contribution is -2.25. The quantitative estimate of drug-likeness (QED) is 0.209. The molecule has 0 heterocycles. The van der Waals surface area contributed by atoms with Gasteiger partial charge in [-0.3, -0.25) is 0 Å². The van der Waals surface area contributed by atoms with Crippen molar-refractivity contribution in [2.45, 2.75) is 32.8 Å². The van der Waals surface area contributed by atoms with Gasteiger partial charge in [0.2, 0.25) is 0 Å². The number of aliphatic hydroxyl groups excluding tert-OH is 1. The molecule has 0 spiro atoms. The van der Waals surface area contributed by atoms with Crippen LogP contribution >= 0.6 is 0 Å². The minimum absolute atomic E-state index is 0.161. The zero-order chi connectivity index (χ0) is 26.6. The standard InChI is InChI=1S/C33H36O5/c1-3-35-30-13-5-25(6-14-30)21-27-9-17-32(18-10-27)37-23-29(34)24-38-33-19-11-28(12-20-33)22-26-7-15-31(16-8-26)36-4-2/h5-20,29,34H,3-4,21-24H2,1-2H3. The molecule has 0 aliphatic carbocycles. The second kappa shape index (κ2) is 14.1. The van der Waals surface area contributed by atoms with Crippen molar-refractivity contribution in [2.75, 3.05) is 26.4 Å². The monoisotopic (exact) mass is 512 g/mol. The van der Waals surface area contributed by atoms with E-state index in [4.69, 9.17) is 18.9 Å². The molecule has 0 atom stereocenters. The molecule has 1 N–H and O–H groups in total. The van der Waals surface area contributed by atoms with Crippen molar-refractivity contribution < 1.29 is 24.1 Å². The Balaban J connectivity index is 1.17. The second-order valence-corrected chi connectivity index (χ2v) is 9.07. The number of ether oxygens (including phenoxy) is 4. The van der Waals surface area contributed by atoms with Gasteiger partial charge in [0.15, 0.2) is 0 Å². The third-order valence-corrected chi connectivity index (χ3v) is 6.02. The minimum atomic E-state index is -0.734. The summed E-state index contributed by atoms with van der Waals surface area (Å²) >= 11 is 0. The van der Waals surface area contributed by atoms with Crippen molar-refractivity contribution in [2.24, 2.45) is 0 Å². The Morgan fingerprint density at radius 2 is 0.711 bits per heavy atom. The van der Waals surface area contributed by atoms with Crippen LogP contribution in [0.2, 0.25) is 0 Å². The average molecular weight is 513 g/mol. The van der Waals surface area contributed by atoms with E-state index in [1.54, 1.807) is 0 Å². The molecule has 0 saturated carbocycles. The molecule has 0 fully saturated rings. The first-order valence-electron chi connectivity index (χ1n) is 13.2. The minimum Gasteiger partial charge on any atom is -0.494 e. The van der Waals surface area contributed by atoms with Crippen LogP contribution in [0.15, 0.2) is 97.1 Å². The topological polar surface area (TPSA) is 57.2 Å². The second-order valence-electron chi connectivity index (χ2n) is 9.07. The van der Waals surface area contributed by atoms with Crippen molar-refractivity contribution in [1.29, 1.82) is 0 Å². The van der Waals surface area contributed by atoms with Crippen LogP contribution in [0.1, 0.15) is 36.1 Å². The molecule has 0 saturated heterocycles. The number of benzene rings is 4. The Morgan fingerprint density at radius 1 is 0.447 bits per heavy atom. The summed E-state index contributed by atoms with van der Waals surface area (Å²) in [6, 6.07) is 32.2. The number of aliphatic hydroxyl groups is 1. The van der Waals surface area contributed by atoms with Gasteiger partial charge in [-0.15, -0.1) is 0 Å². The van der Waals surface area contributed by atoms with E-state index in [1.165, 1.54) is 22.3 Å². The van der Waals surface area contributed by atoms with Crippen LogP contribution in [0.3, 0.4) is 0 Å². The number of hydrogen-bond donors (Lipinski definition) is 1. The molecule has 38 heavy (non-hydrogen) atoms. The summed E-state index contributed by atoms with van der Waals surface area (Å²) < 4.78 is 22.5. The zero-order valence-corrected chi connectivity index (χ0v) is 22.1. The third kappa shape index (κ3) is 8.56. The normalized spacial score (nSPS) is 10.8. The molecule has 0 radical (unpaired) electrons. The molecule has 4 rings (SSSR count). The summed E-state index contributed by atoms with van der Waals surface area (Å²) in [6.45, 7) is 5.62. The van der Waals surface area contributed by atoms with Gasteiger partial charge in [-0.1, -0.05) is 48.5 Å². The summed E-state index contributed by atoms with van der Waals surface area (Å²) in [7, 11) is 0. The van der Waals surface area contributed by atoms with Crippen LogP contribution in [0, 0.1) is 0 Å². The first kappa shape index (κ1) is 27.1. The van der Waals surface area contributed by atoms with Crippen LogP contribution in [-0.2, 0) is 12.8 Å². The zero-order valence-electron chi connectivity index (χ0n) is 22.1. The lowest BCUT2D eigenvalue weighted by atomic mass is 10.0. The van der Waals surface area contributed by atoms with E-state index in [0.29, 0.717) is 13.2 Å². The van der Waals surface area contributed by atoms with Crippen molar-refractivity contribution >= 4 is 0 Å². The van der Waals surface area contributed by atoms with E-state index in [2.05, 4.69) is 24.3 Å². The molecule has 5 nitrogen and oxygen atoms in total. The van der Waals surface area contributed by atoms with Crippen LogP contribution < -0.4 is 18.9 Å². The molecule has 4 aromatic rings. The van der Waals surface area contributed by atoms with Crippen molar-refractivity contribution in [1.82, 2.24) is 0 Å². The van der Waals surface area contributed by atoms with Crippen LogP contribution in [0.25, 0.3) is 0 Å². The Kier molecular flexibility index (Phi) is 10.1. The highest BCUT2D eigenvalue weighted by molar-refractivity contribution is 5.35. The Morgan fingerprint density at radius 3 is 0.974 bits per heavy atom. The lowest BCUT2D eigenvalue weighted by molar-refractivity contribution is 0.0626. The number of hydrogen-bond acceptors (Lipinski definition) is 5. The fraction of sp³-hybridized carbons (Fsp3) is 0.273. The van der Waals surface area contributed by atoms with Gasteiger partial charge in [0.1, 0.15) is 42.3 Å². The van der Waals surface area contributed by atoms with Gasteiger partial charge < -0.3 is 24.1 Å². The molecule has 0 aliphatic rings. The Bertz CT molecular complexity index is 1120. The Labute approximate surface area is 225 Å². The van der Waals surface area contributed by atoms with Gasteiger partial charge in [0, 0.05) is 0 Å². The van der Waals surface area contributed by atoms with Crippen LogP contribution in [0.4, 0.5) is 0 Å². The first-order chi connectivity index (χ1) is 18.6. The molecule has 5 heteroatoms. The van der Waals surface area contributed by atoms with E-state index in [1.807, 2.05) is 86.6 Å². The smallest absolute Gasteiger partial charge is 0.122 e. The van der Waals surface area contributed by atoms with Gasteiger partial charge in [-0.2, -0.15) is 0 Å². The molecular formula is C33H36O5. The van der Waals surface area contributed by atoms with Gasteiger partial charge in [0.05, 0.1) is 13.2 Å². The maximum absolute atomic E-state index is 10.3. The van der Waals surface area contributed by atoms with Crippen molar-refractivity contribution in [3.63, 3.8) is 0 Å². The van der Waals surface area contributed by atoms with E-state index in [0.717, 1.165) is 35.8 Å². The largest absolute Gasteiger partial charge is 0.494 e. The van der Waals surface area contributed by atoms with Crippen LogP contribution in [-0.4, -0.2) is 37.6 Å². The van der Waals surface area contributed by atoms with Gasteiger partial charge >= 0.3 is 0 Å². The van der Waals surface area contributed by atoms with Crippen molar-refractivity contribution in [3.05, 3.63) is 119 Å². The van der Waals surface area contributed by atoms with Gasteiger partial charge in [-0.25, -0.2) is 0 Å². The van der Waals surface area contributed by atoms with E-state index in [9.17, 15) is 5.11 Å². The third-order valence-electron chi connectivity index (χ3n) is 6.02. The van der Waals surface area contributed by atoms with E-state index >= 15 is 0 Å². The number of rotatable bonds is 14. The molecule has 0 aliphatic heterocycles. The highest BCUT2D eigenvalue weighted by atomic mass is 16.5. The predicted octanol–water partition coefficient (Wildman–Crippen LogP) is 6.48. The molecule has 0 unspecified atom stereocenters. The van der Waals surface area contributed by atoms with Gasteiger partial charge in [0.25, 0.3) is 0 Å². The molecule has 0 aromatic heterocycles. The highest BCUT2D eigenvalue weighted by Gasteiger charge is 2.08. The van der Waals surface area contributed by atoms with E-state index in [-0.39, 0.29) is 13.2 Å². The molecule has 4 aromatic carbocycles. The maximum Gasteiger partial charge on any atom is 0.122 e. The SMILES string of the molecule is CCOc1ccc(Cc2ccc(OCC(O)COc3ccc(Cc4ccc(OCC)cc4)cc3)cc2)cc1.